The molecule has 5 aromatic rings. The van der Waals surface area contributed by atoms with E-state index >= 15 is 0 Å². The molecule has 0 saturated heterocycles. The largest absolute Gasteiger partial charge is 0.534 e. The normalized spacial score (nSPS) is 18.2. The van der Waals surface area contributed by atoms with Crippen molar-refractivity contribution in [2.45, 2.75) is 44.3 Å². The van der Waals surface area contributed by atoms with Crippen LogP contribution in [0, 0.1) is 5.92 Å². The summed E-state index contributed by atoms with van der Waals surface area (Å²) in [5, 5.41) is 15.3. The molecule has 46 heavy (non-hydrogen) atoms. The number of nitrogens with zero attached hydrogens (tertiary/aromatic N) is 1. The van der Waals surface area contributed by atoms with Crippen molar-refractivity contribution in [1.82, 2.24) is 4.90 Å². The summed E-state index contributed by atoms with van der Waals surface area (Å²) < 4.78 is 13.7. The number of fused-ring (bicyclic) bond motifs is 1. The van der Waals surface area contributed by atoms with Crippen molar-refractivity contribution < 1.29 is 14.3 Å². The molecule has 0 aliphatic heterocycles. The third-order valence-corrected chi connectivity index (χ3v) is 14.3. The molecule has 5 heteroatoms. The molecule has 0 radical (unpaired) electrons. The zero-order valence-corrected chi connectivity index (χ0v) is 28.6. The molecule has 1 aliphatic rings. The molecule has 0 spiro atoms. The van der Waals surface area contributed by atoms with E-state index in [1.807, 2.05) is 54.6 Å². The maximum Gasteiger partial charge on any atom is 0.319 e. The molecule has 0 saturated carbocycles. The summed E-state index contributed by atoms with van der Waals surface area (Å²) in [4.78, 5) is 2.17. The molecule has 1 N–H and O–H groups in total. The van der Waals surface area contributed by atoms with E-state index in [4.69, 9.17) is 9.16 Å². The van der Waals surface area contributed by atoms with Gasteiger partial charge in [-0.15, -0.1) is 0 Å². The molecule has 0 fully saturated rings. The Labute approximate surface area is 275 Å². The topological polar surface area (TPSA) is 41.9 Å². The molecule has 0 bridgehead atoms. The van der Waals surface area contributed by atoms with Crippen LogP contribution in [0.4, 0.5) is 0 Å². The van der Waals surface area contributed by atoms with Gasteiger partial charge in [0.2, 0.25) is 0 Å². The van der Waals surface area contributed by atoms with E-state index in [1.165, 1.54) is 10.4 Å². The summed E-state index contributed by atoms with van der Waals surface area (Å²) in [6.45, 7) is 7.61. The SMILES string of the molecule is CN(C)CC1CCc2ccc(Oc3ccccc3)cc2C1(O)c1cccc(O[Si](c2ccccc2)(c2ccccc2)C(C)(C)C)c1. The lowest BCUT2D eigenvalue weighted by molar-refractivity contribution is -0.00661. The van der Waals surface area contributed by atoms with Crippen molar-refractivity contribution in [3.63, 3.8) is 0 Å². The van der Waals surface area contributed by atoms with E-state index < -0.39 is 13.9 Å². The Kier molecular flexibility index (Phi) is 8.93. The van der Waals surface area contributed by atoms with Crippen LogP contribution in [0.5, 0.6) is 17.2 Å². The van der Waals surface area contributed by atoms with Crippen LogP contribution in [0.1, 0.15) is 43.9 Å². The van der Waals surface area contributed by atoms with Gasteiger partial charge in [0.15, 0.2) is 0 Å². The van der Waals surface area contributed by atoms with E-state index in [2.05, 4.69) is 119 Å². The molecule has 0 amide bonds. The number of ether oxygens (including phenoxy) is 1. The van der Waals surface area contributed by atoms with E-state index in [0.29, 0.717) is 5.75 Å². The van der Waals surface area contributed by atoms with Crippen LogP contribution in [0.15, 0.2) is 133 Å². The van der Waals surface area contributed by atoms with Crippen molar-refractivity contribution in [2.24, 2.45) is 5.92 Å². The zero-order chi connectivity index (χ0) is 32.4. The van der Waals surface area contributed by atoms with Gasteiger partial charge in [-0.2, -0.15) is 0 Å². The number of benzene rings is 5. The summed E-state index contributed by atoms with van der Waals surface area (Å²) in [6, 6.07) is 45.6. The predicted molar refractivity (Wildman–Crippen MR) is 191 cm³/mol. The summed E-state index contributed by atoms with van der Waals surface area (Å²) >= 11 is 0. The third-order valence-electron chi connectivity index (χ3n) is 9.37. The predicted octanol–water partition coefficient (Wildman–Crippen LogP) is 7.78. The highest BCUT2D eigenvalue weighted by atomic mass is 28.4. The van der Waals surface area contributed by atoms with Gasteiger partial charge in [-0.1, -0.05) is 118 Å². The fourth-order valence-electron chi connectivity index (χ4n) is 7.25. The molecule has 2 atom stereocenters. The van der Waals surface area contributed by atoms with E-state index in [1.54, 1.807) is 0 Å². The van der Waals surface area contributed by atoms with Crippen molar-refractivity contribution in [3.05, 3.63) is 150 Å². The Morgan fingerprint density at radius 2 is 1.30 bits per heavy atom. The number of para-hydroxylation sites is 1. The van der Waals surface area contributed by atoms with E-state index in [9.17, 15) is 5.11 Å². The minimum Gasteiger partial charge on any atom is -0.534 e. The first-order valence-electron chi connectivity index (χ1n) is 16.3. The zero-order valence-electron chi connectivity index (χ0n) is 27.6. The molecular formula is C41H45NO3Si. The molecule has 1 aliphatic carbocycles. The van der Waals surface area contributed by atoms with Gasteiger partial charge in [-0.3, -0.25) is 0 Å². The van der Waals surface area contributed by atoms with Crippen LogP contribution in [0.2, 0.25) is 5.04 Å². The number of aryl methyl sites for hydroxylation is 1. The monoisotopic (exact) mass is 627 g/mol. The lowest BCUT2D eigenvalue weighted by Gasteiger charge is -2.44. The lowest BCUT2D eigenvalue weighted by atomic mass is 9.68. The molecule has 0 aromatic heterocycles. The second-order valence-corrected chi connectivity index (χ2v) is 18.0. The van der Waals surface area contributed by atoms with Gasteiger partial charge < -0.3 is 19.2 Å². The number of rotatable bonds is 9. The Morgan fingerprint density at radius 1 is 0.717 bits per heavy atom. The highest BCUT2D eigenvalue weighted by molar-refractivity contribution is 7.00. The minimum absolute atomic E-state index is 0.0231. The Hall–Kier alpha value is -4.16. The minimum atomic E-state index is -2.86. The Balaban J connectivity index is 1.48. The smallest absolute Gasteiger partial charge is 0.319 e. The maximum absolute atomic E-state index is 13.1. The highest BCUT2D eigenvalue weighted by Gasteiger charge is 2.52. The Bertz CT molecular complexity index is 1710. The average Bonchev–Trinajstić information content (AvgIpc) is 3.06. The fourth-order valence-corrected chi connectivity index (χ4v) is 11.7. The number of aliphatic hydroxyl groups is 1. The van der Waals surface area contributed by atoms with Gasteiger partial charge in [0.05, 0.1) is 0 Å². The van der Waals surface area contributed by atoms with Crippen molar-refractivity contribution in [3.8, 4) is 17.2 Å². The molecule has 0 heterocycles. The molecule has 236 valence electrons. The number of hydrogen-bond donors (Lipinski definition) is 1. The second-order valence-electron chi connectivity index (χ2n) is 13.8. The lowest BCUT2D eigenvalue weighted by Crippen LogP contribution is -2.68. The quantitative estimate of drug-likeness (QED) is 0.170. The van der Waals surface area contributed by atoms with Gasteiger partial charge in [0.25, 0.3) is 0 Å². The van der Waals surface area contributed by atoms with Crippen LogP contribution in [0.3, 0.4) is 0 Å². The molecule has 6 rings (SSSR count). The fraction of sp³-hybridized carbons (Fsp3) is 0.268. The van der Waals surface area contributed by atoms with Crippen molar-refractivity contribution in [2.75, 3.05) is 20.6 Å². The van der Waals surface area contributed by atoms with Crippen LogP contribution in [-0.4, -0.2) is 39.0 Å². The Morgan fingerprint density at radius 3 is 1.89 bits per heavy atom. The summed E-state index contributed by atoms with van der Waals surface area (Å²) in [6.07, 6.45) is 1.78. The third kappa shape index (κ3) is 6.03. The second kappa shape index (κ2) is 12.9. The van der Waals surface area contributed by atoms with Crippen LogP contribution < -0.4 is 19.5 Å². The van der Waals surface area contributed by atoms with Gasteiger partial charge in [0, 0.05) is 12.5 Å². The summed E-state index contributed by atoms with van der Waals surface area (Å²) in [5.74, 6) is 2.23. The van der Waals surface area contributed by atoms with E-state index in [0.717, 1.165) is 47.6 Å². The maximum atomic E-state index is 13.1. The molecule has 2 unspecified atom stereocenters. The van der Waals surface area contributed by atoms with Crippen LogP contribution in [0.25, 0.3) is 0 Å². The highest BCUT2D eigenvalue weighted by Crippen LogP contribution is 2.47. The van der Waals surface area contributed by atoms with E-state index in [-0.39, 0.29) is 11.0 Å². The van der Waals surface area contributed by atoms with Gasteiger partial charge in [-0.05, 0) is 95.4 Å². The first kappa shape index (κ1) is 31.8. The number of hydrogen-bond acceptors (Lipinski definition) is 4. The molecule has 4 nitrogen and oxygen atoms in total. The van der Waals surface area contributed by atoms with Gasteiger partial charge in [0.1, 0.15) is 22.8 Å². The standard InChI is InChI=1S/C41H45NO3Si/c1-40(2,3)46(37-20-11-7-12-21-37,38-22-13-8-14-23-38)45-36-19-15-16-32(28-36)41(43)33(30-42(4)5)26-24-31-25-27-35(29-39(31)41)44-34-17-9-6-10-18-34/h6-23,25,27-29,33,43H,24,26,30H2,1-5H3. The first-order chi connectivity index (χ1) is 22.1. The summed E-state index contributed by atoms with van der Waals surface area (Å²) in [5.41, 5.74) is 1.66. The average molecular weight is 628 g/mol. The first-order valence-corrected chi connectivity index (χ1v) is 18.2. The van der Waals surface area contributed by atoms with Gasteiger partial charge in [-0.25, -0.2) is 0 Å². The summed E-state index contributed by atoms with van der Waals surface area (Å²) in [7, 11) is 1.29. The van der Waals surface area contributed by atoms with Crippen LogP contribution >= 0.6 is 0 Å². The van der Waals surface area contributed by atoms with Gasteiger partial charge >= 0.3 is 8.32 Å². The molecule has 5 aromatic carbocycles. The van der Waals surface area contributed by atoms with Crippen LogP contribution in [-0.2, 0) is 12.0 Å². The molecular weight excluding hydrogens is 583 g/mol. The van der Waals surface area contributed by atoms with Crippen molar-refractivity contribution >= 4 is 18.7 Å². The van der Waals surface area contributed by atoms with Crippen molar-refractivity contribution in [1.29, 1.82) is 0 Å².